The quantitative estimate of drug-likeness (QED) is 0.622. The lowest BCUT2D eigenvalue weighted by atomic mass is 10.2. The van der Waals surface area contributed by atoms with Crippen LogP contribution < -0.4 is 15.5 Å². The van der Waals surface area contributed by atoms with Crippen molar-refractivity contribution in [3.8, 4) is 0 Å². The SMILES string of the molecule is Cc1csc2nc(Nc3ccc(N4CCN(C)CC4)c(F)c3)nc(NC3(C)CC3)c12. The molecule has 3 heterocycles. The fourth-order valence-electron chi connectivity index (χ4n) is 3.85. The molecule has 1 saturated carbocycles. The van der Waals surface area contributed by atoms with Gasteiger partial charge in [-0.15, -0.1) is 11.3 Å². The van der Waals surface area contributed by atoms with Gasteiger partial charge in [0.05, 0.1) is 11.1 Å². The molecular formula is C22H27FN6S. The van der Waals surface area contributed by atoms with E-state index in [1.54, 1.807) is 11.3 Å². The molecule has 1 aliphatic heterocycles. The lowest BCUT2D eigenvalue weighted by Gasteiger charge is -2.34. The summed E-state index contributed by atoms with van der Waals surface area (Å²) in [5.41, 5.74) is 2.60. The second-order valence-electron chi connectivity index (χ2n) is 8.76. The van der Waals surface area contributed by atoms with Crippen molar-refractivity contribution in [3.05, 3.63) is 35.0 Å². The second kappa shape index (κ2) is 7.35. The zero-order chi connectivity index (χ0) is 20.9. The van der Waals surface area contributed by atoms with Crippen molar-refractivity contribution in [1.29, 1.82) is 0 Å². The Bertz CT molecular complexity index is 1080. The molecule has 5 rings (SSSR count). The minimum absolute atomic E-state index is 0.114. The predicted molar refractivity (Wildman–Crippen MR) is 123 cm³/mol. The molecular weight excluding hydrogens is 399 g/mol. The van der Waals surface area contributed by atoms with E-state index in [2.05, 4.69) is 51.7 Å². The highest BCUT2D eigenvalue weighted by atomic mass is 32.1. The first-order chi connectivity index (χ1) is 14.4. The van der Waals surface area contributed by atoms with Gasteiger partial charge in [0.1, 0.15) is 16.5 Å². The first-order valence-electron chi connectivity index (χ1n) is 10.4. The summed E-state index contributed by atoms with van der Waals surface area (Å²) in [4.78, 5) is 14.7. The van der Waals surface area contributed by atoms with Crippen LogP contribution in [0, 0.1) is 12.7 Å². The number of thiophene rings is 1. The third-order valence-electron chi connectivity index (χ3n) is 6.09. The van der Waals surface area contributed by atoms with E-state index in [0.29, 0.717) is 17.3 Å². The van der Waals surface area contributed by atoms with Crippen molar-refractivity contribution in [1.82, 2.24) is 14.9 Å². The maximum Gasteiger partial charge on any atom is 0.230 e. The molecule has 2 aromatic heterocycles. The van der Waals surface area contributed by atoms with Crippen molar-refractivity contribution in [2.45, 2.75) is 32.2 Å². The molecule has 0 radical (unpaired) electrons. The van der Waals surface area contributed by atoms with Gasteiger partial charge in [-0.25, -0.2) is 9.37 Å². The fraction of sp³-hybridized carbons (Fsp3) is 0.455. The molecule has 1 saturated heterocycles. The maximum atomic E-state index is 14.9. The molecule has 2 aliphatic rings. The lowest BCUT2D eigenvalue weighted by Crippen LogP contribution is -2.44. The predicted octanol–water partition coefficient (Wildman–Crippen LogP) is 4.60. The van der Waals surface area contributed by atoms with Crippen LogP contribution in [0.2, 0.25) is 0 Å². The number of nitrogens with zero attached hydrogens (tertiary/aromatic N) is 4. The highest BCUT2D eigenvalue weighted by Crippen LogP contribution is 2.41. The first-order valence-corrected chi connectivity index (χ1v) is 11.3. The number of anilines is 4. The normalized spacial score (nSPS) is 18.6. The summed E-state index contributed by atoms with van der Waals surface area (Å²) < 4.78 is 14.9. The largest absolute Gasteiger partial charge is 0.367 e. The molecule has 158 valence electrons. The average molecular weight is 427 g/mol. The summed E-state index contributed by atoms with van der Waals surface area (Å²) in [6.07, 6.45) is 2.28. The molecule has 1 aliphatic carbocycles. The van der Waals surface area contributed by atoms with Crippen LogP contribution >= 0.6 is 11.3 Å². The van der Waals surface area contributed by atoms with E-state index in [9.17, 15) is 4.39 Å². The Morgan fingerprint density at radius 1 is 1.13 bits per heavy atom. The molecule has 0 spiro atoms. The number of hydrogen-bond donors (Lipinski definition) is 2. The van der Waals surface area contributed by atoms with Gasteiger partial charge in [0, 0.05) is 37.4 Å². The topological polar surface area (TPSA) is 56.3 Å². The van der Waals surface area contributed by atoms with Crippen molar-refractivity contribution >= 4 is 44.7 Å². The molecule has 3 aromatic rings. The van der Waals surface area contributed by atoms with E-state index in [-0.39, 0.29) is 11.4 Å². The number of benzene rings is 1. The smallest absolute Gasteiger partial charge is 0.230 e. The Kier molecular flexibility index (Phi) is 4.78. The Morgan fingerprint density at radius 3 is 2.60 bits per heavy atom. The summed E-state index contributed by atoms with van der Waals surface area (Å²) in [5.74, 6) is 1.13. The third kappa shape index (κ3) is 3.81. The van der Waals surface area contributed by atoms with E-state index >= 15 is 0 Å². The van der Waals surface area contributed by atoms with E-state index in [1.807, 2.05) is 12.1 Å². The minimum atomic E-state index is -0.221. The lowest BCUT2D eigenvalue weighted by molar-refractivity contribution is 0.311. The Hall–Kier alpha value is -2.45. The number of piperazine rings is 1. The zero-order valence-corrected chi connectivity index (χ0v) is 18.4. The van der Waals surface area contributed by atoms with Gasteiger partial charge in [-0.05, 0) is 62.9 Å². The Morgan fingerprint density at radius 2 is 1.90 bits per heavy atom. The van der Waals surface area contributed by atoms with Crippen LogP contribution in [0.5, 0.6) is 0 Å². The first kappa shape index (κ1) is 19.5. The van der Waals surface area contributed by atoms with Crippen molar-refractivity contribution in [2.24, 2.45) is 0 Å². The molecule has 2 fully saturated rings. The van der Waals surface area contributed by atoms with Crippen molar-refractivity contribution < 1.29 is 4.39 Å². The third-order valence-corrected chi connectivity index (χ3v) is 7.08. The van der Waals surface area contributed by atoms with Crippen molar-refractivity contribution in [2.75, 3.05) is 48.8 Å². The summed E-state index contributed by atoms with van der Waals surface area (Å²) >= 11 is 1.61. The molecule has 0 unspecified atom stereocenters. The Labute approximate surface area is 180 Å². The van der Waals surface area contributed by atoms with Gasteiger partial charge in [0.15, 0.2) is 0 Å². The number of rotatable bonds is 5. The van der Waals surface area contributed by atoms with E-state index in [4.69, 9.17) is 4.98 Å². The van der Waals surface area contributed by atoms with Crippen molar-refractivity contribution in [3.63, 3.8) is 0 Å². The number of halogens is 1. The number of hydrogen-bond acceptors (Lipinski definition) is 7. The van der Waals surface area contributed by atoms with Crippen LogP contribution in [-0.4, -0.2) is 53.6 Å². The van der Waals surface area contributed by atoms with Gasteiger partial charge in [-0.3, -0.25) is 0 Å². The second-order valence-corrected chi connectivity index (χ2v) is 9.62. The van der Waals surface area contributed by atoms with Gasteiger partial charge in [-0.2, -0.15) is 4.98 Å². The molecule has 0 atom stereocenters. The number of aromatic nitrogens is 2. The Balaban J connectivity index is 1.41. The summed E-state index contributed by atoms with van der Waals surface area (Å²) in [7, 11) is 2.10. The summed E-state index contributed by atoms with van der Waals surface area (Å²) in [6.45, 7) is 7.87. The van der Waals surface area contributed by atoms with Gasteiger partial charge >= 0.3 is 0 Å². The minimum Gasteiger partial charge on any atom is -0.367 e. The van der Waals surface area contributed by atoms with Crippen LogP contribution in [0.3, 0.4) is 0 Å². The number of likely N-dealkylation sites (N-methyl/N-ethyl adjacent to an activating group) is 1. The van der Waals surface area contributed by atoms with Crippen LogP contribution in [-0.2, 0) is 0 Å². The average Bonchev–Trinajstić information content (AvgIpc) is 3.31. The van der Waals surface area contributed by atoms with Gasteiger partial charge in [-0.1, -0.05) is 0 Å². The highest BCUT2D eigenvalue weighted by Gasteiger charge is 2.38. The standard InChI is InChI=1S/C22H27FN6S/c1-14-13-30-20-18(14)19(27-22(2)6-7-22)25-21(26-20)24-15-4-5-17(16(23)12-15)29-10-8-28(3)9-11-29/h4-5,12-13H,6-11H2,1-3H3,(H2,24,25,26,27). The van der Waals surface area contributed by atoms with Gasteiger partial charge < -0.3 is 20.4 Å². The molecule has 0 bridgehead atoms. The van der Waals surface area contributed by atoms with Crippen LogP contribution in [0.25, 0.3) is 10.2 Å². The van der Waals surface area contributed by atoms with Gasteiger partial charge in [0.25, 0.3) is 0 Å². The van der Waals surface area contributed by atoms with Crippen LogP contribution in [0.4, 0.5) is 27.5 Å². The van der Waals surface area contributed by atoms with Gasteiger partial charge in [0.2, 0.25) is 5.95 Å². The van der Waals surface area contributed by atoms with E-state index in [1.165, 1.54) is 11.6 Å². The number of fused-ring (bicyclic) bond motifs is 1. The molecule has 2 N–H and O–H groups in total. The fourth-order valence-corrected chi connectivity index (χ4v) is 4.77. The highest BCUT2D eigenvalue weighted by molar-refractivity contribution is 7.17. The molecule has 30 heavy (non-hydrogen) atoms. The van der Waals surface area contributed by atoms with Crippen LogP contribution in [0.1, 0.15) is 25.3 Å². The zero-order valence-electron chi connectivity index (χ0n) is 17.6. The molecule has 0 amide bonds. The molecule has 1 aromatic carbocycles. The van der Waals surface area contributed by atoms with E-state index < -0.39 is 0 Å². The summed E-state index contributed by atoms with van der Waals surface area (Å²) in [6, 6.07) is 5.29. The maximum absolute atomic E-state index is 14.9. The van der Waals surface area contributed by atoms with E-state index in [0.717, 1.165) is 55.1 Å². The summed E-state index contributed by atoms with van der Waals surface area (Å²) in [5, 5.41) is 9.98. The van der Waals surface area contributed by atoms with Crippen LogP contribution in [0.15, 0.2) is 23.6 Å². The number of nitrogens with one attached hydrogen (secondary N) is 2. The molecule has 8 heteroatoms. The number of aryl methyl sites for hydroxylation is 1. The molecule has 6 nitrogen and oxygen atoms in total. The monoisotopic (exact) mass is 426 g/mol.